The van der Waals surface area contributed by atoms with Crippen LogP contribution in [0.1, 0.15) is 39.0 Å². The van der Waals surface area contributed by atoms with E-state index in [0.29, 0.717) is 32.4 Å². The molecule has 1 unspecified atom stereocenters. The fourth-order valence-electron chi connectivity index (χ4n) is 2.53. The zero-order valence-corrected chi connectivity index (χ0v) is 11.4. The van der Waals surface area contributed by atoms with E-state index in [2.05, 4.69) is 5.32 Å². The molecule has 0 aromatic rings. The Hall–Kier alpha value is -1.10. The second kappa shape index (κ2) is 6.73. The van der Waals surface area contributed by atoms with Gasteiger partial charge in [0.1, 0.15) is 0 Å². The molecular formula is C13H24N2O3. The van der Waals surface area contributed by atoms with Gasteiger partial charge in [0.25, 0.3) is 0 Å². The van der Waals surface area contributed by atoms with Crippen LogP contribution in [0.5, 0.6) is 0 Å². The summed E-state index contributed by atoms with van der Waals surface area (Å²) in [6, 6.07) is 0. The molecule has 1 fully saturated rings. The summed E-state index contributed by atoms with van der Waals surface area (Å²) >= 11 is 0. The van der Waals surface area contributed by atoms with Gasteiger partial charge in [0.15, 0.2) is 0 Å². The van der Waals surface area contributed by atoms with Crippen LogP contribution in [0.25, 0.3) is 0 Å². The van der Waals surface area contributed by atoms with Crippen LogP contribution in [0.2, 0.25) is 0 Å². The number of carbonyl (C=O) groups is 2. The van der Waals surface area contributed by atoms with Gasteiger partial charge in [-0.2, -0.15) is 0 Å². The molecule has 1 aliphatic rings. The Bertz CT molecular complexity index is 307. The van der Waals surface area contributed by atoms with Gasteiger partial charge >= 0.3 is 5.97 Å². The Morgan fingerprint density at radius 1 is 1.44 bits per heavy atom. The molecule has 0 radical (unpaired) electrons. The smallest absolute Gasteiger partial charge is 0.311 e. The molecule has 0 spiro atoms. The van der Waals surface area contributed by atoms with Crippen molar-refractivity contribution < 1.29 is 14.7 Å². The van der Waals surface area contributed by atoms with Crippen LogP contribution in [0.4, 0.5) is 0 Å². The van der Waals surface area contributed by atoms with Gasteiger partial charge in [-0.3, -0.25) is 9.59 Å². The highest BCUT2D eigenvalue weighted by molar-refractivity contribution is 5.79. The van der Waals surface area contributed by atoms with Crippen LogP contribution < -0.4 is 5.32 Å². The molecule has 5 heteroatoms. The number of piperidine rings is 1. The summed E-state index contributed by atoms with van der Waals surface area (Å²) in [6.07, 6.45) is 3.36. The average molecular weight is 256 g/mol. The Labute approximate surface area is 109 Å². The van der Waals surface area contributed by atoms with Crippen molar-refractivity contribution in [2.45, 2.75) is 39.0 Å². The summed E-state index contributed by atoms with van der Waals surface area (Å²) in [4.78, 5) is 25.1. The molecule has 5 nitrogen and oxygen atoms in total. The first kappa shape index (κ1) is 15.0. The lowest BCUT2D eigenvalue weighted by Crippen LogP contribution is -2.49. The Kier molecular flexibility index (Phi) is 5.59. The normalized spacial score (nSPS) is 24.0. The van der Waals surface area contributed by atoms with Crippen molar-refractivity contribution in [2.75, 3.05) is 26.7 Å². The molecule has 1 saturated heterocycles. The number of aliphatic carboxylic acids is 1. The van der Waals surface area contributed by atoms with E-state index in [-0.39, 0.29) is 5.91 Å². The Morgan fingerprint density at radius 3 is 2.72 bits per heavy atom. The third-order valence-corrected chi connectivity index (χ3v) is 3.88. The van der Waals surface area contributed by atoms with Crippen LogP contribution in [0, 0.1) is 5.41 Å². The average Bonchev–Trinajstić information content (AvgIpc) is 2.38. The predicted octanol–water partition coefficient (Wildman–Crippen LogP) is 1.09. The van der Waals surface area contributed by atoms with Crippen molar-refractivity contribution >= 4 is 11.9 Å². The van der Waals surface area contributed by atoms with E-state index in [1.165, 1.54) is 0 Å². The van der Waals surface area contributed by atoms with Crippen molar-refractivity contribution in [3.05, 3.63) is 0 Å². The van der Waals surface area contributed by atoms with E-state index in [4.69, 9.17) is 0 Å². The third kappa shape index (κ3) is 3.45. The number of carbonyl (C=O) groups excluding carboxylic acids is 1. The topological polar surface area (TPSA) is 69.6 Å². The number of nitrogens with zero attached hydrogens (tertiary/aromatic N) is 1. The number of carboxylic acid groups (broad SMARTS) is 1. The molecule has 1 rings (SSSR count). The summed E-state index contributed by atoms with van der Waals surface area (Å²) in [5, 5.41) is 12.4. The molecule has 1 aliphatic heterocycles. The maximum atomic E-state index is 12.0. The molecule has 0 saturated carbocycles. The first-order chi connectivity index (χ1) is 8.55. The molecule has 1 atom stereocenters. The minimum atomic E-state index is -0.766. The Morgan fingerprint density at radius 2 is 2.17 bits per heavy atom. The predicted molar refractivity (Wildman–Crippen MR) is 69.3 cm³/mol. The maximum Gasteiger partial charge on any atom is 0.311 e. The van der Waals surface area contributed by atoms with E-state index in [1.54, 1.807) is 4.90 Å². The highest BCUT2D eigenvalue weighted by Crippen LogP contribution is 2.33. The first-order valence-electron chi connectivity index (χ1n) is 6.71. The summed E-state index contributed by atoms with van der Waals surface area (Å²) in [5.41, 5.74) is -0.725. The molecule has 0 aromatic carbocycles. The van der Waals surface area contributed by atoms with Crippen LogP contribution in [0.15, 0.2) is 0 Å². The fourth-order valence-corrected chi connectivity index (χ4v) is 2.53. The number of likely N-dealkylation sites (tertiary alicyclic amines) is 1. The summed E-state index contributed by atoms with van der Waals surface area (Å²) in [7, 11) is 1.86. The van der Waals surface area contributed by atoms with Gasteiger partial charge in [0.2, 0.25) is 5.91 Å². The molecule has 0 bridgehead atoms. The van der Waals surface area contributed by atoms with Crippen molar-refractivity contribution in [3.8, 4) is 0 Å². The second-order valence-electron chi connectivity index (χ2n) is 5.06. The molecule has 0 aliphatic carbocycles. The van der Waals surface area contributed by atoms with Crippen molar-refractivity contribution in [1.82, 2.24) is 10.2 Å². The highest BCUT2D eigenvalue weighted by atomic mass is 16.4. The first-order valence-corrected chi connectivity index (χ1v) is 6.71. The van der Waals surface area contributed by atoms with E-state index >= 15 is 0 Å². The summed E-state index contributed by atoms with van der Waals surface area (Å²) in [6.45, 7) is 3.78. The quantitative estimate of drug-likeness (QED) is 0.698. The van der Waals surface area contributed by atoms with Crippen LogP contribution in [-0.4, -0.2) is 48.6 Å². The zero-order valence-electron chi connectivity index (χ0n) is 11.4. The van der Waals surface area contributed by atoms with Gasteiger partial charge in [-0.25, -0.2) is 0 Å². The van der Waals surface area contributed by atoms with Crippen LogP contribution in [-0.2, 0) is 9.59 Å². The van der Waals surface area contributed by atoms with E-state index < -0.39 is 11.4 Å². The molecule has 104 valence electrons. The lowest BCUT2D eigenvalue weighted by Gasteiger charge is -2.39. The maximum absolute atomic E-state index is 12.0. The van der Waals surface area contributed by atoms with Gasteiger partial charge in [-0.05, 0) is 39.3 Å². The summed E-state index contributed by atoms with van der Waals surface area (Å²) in [5.74, 6) is -0.679. The Balaban J connectivity index is 2.57. The number of amides is 1. The van der Waals surface area contributed by atoms with E-state index in [9.17, 15) is 14.7 Å². The number of carboxylic acids is 1. The molecule has 1 heterocycles. The van der Waals surface area contributed by atoms with Crippen molar-refractivity contribution in [1.29, 1.82) is 0 Å². The molecule has 0 aromatic heterocycles. The monoisotopic (exact) mass is 256 g/mol. The van der Waals surface area contributed by atoms with Gasteiger partial charge in [-0.15, -0.1) is 0 Å². The third-order valence-electron chi connectivity index (χ3n) is 3.88. The fraction of sp³-hybridized carbons (Fsp3) is 0.846. The van der Waals surface area contributed by atoms with Crippen LogP contribution >= 0.6 is 0 Å². The summed E-state index contributed by atoms with van der Waals surface area (Å²) < 4.78 is 0. The van der Waals surface area contributed by atoms with E-state index in [1.807, 2.05) is 14.0 Å². The van der Waals surface area contributed by atoms with Gasteiger partial charge in [0.05, 0.1) is 5.41 Å². The van der Waals surface area contributed by atoms with E-state index in [0.717, 1.165) is 19.4 Å². The molecule has 18 heavy (non-hydrogen) atoms. The number of hydrogen-bond acceptors (Lipinski definition) is 3. The number of rotatable bonds is 6. The van der Waals surface area contributed by atoms with Crippen molar-refractivity contribution in [2.24, 2.45) is 5.41 Å². The SMILES string of the molecule is CCC1(C(=O)O)CCCN(C(=O)CCCNC)C1. The van der Waals surface area contributed by atoms with Crippen molar-refractivity contribution in [3.63, 3.8) is 0 Å². The van der Waals surface area contributed by atoms with Gasteiger partial charge in [0, 0.05) is 19.5 Å². The highest BCUT2D eigenvalue weighted by Gasteiger charge is 2.41. The van der Waals surface area contributed by atoms with Gasteiger partial charge in [-0.1, -0.05) is 6.92 Å². The standard InChI is InChI=1S/C13H24N2O3/c1-3-13(12(17)18)7-5-9-15(10-13)11(16)6-4-8-14-2/h14H,3-10H2,1-2H3,(H,17,18). The van der Waals surface area contributed by atoms with Crippen LogP contribution in [0.3, 0.4) is 0 Å². The molecule has 1 amide bonds. The molecular weight excluding hydrogens is 232 g/mol. The number of nitrogens with one attached hydrogen (secondary N) is 1. The minimum Gasteiger partial charge on any atom is -0.481 e. The minimum absolute atomic E-state index is 0.0871. The zero-order chi connectivity index (χ0) is 13.6. The lowest BCUT2D eigenvalue weighted by atomic mass is 9.77. The lowest BCUT2D eigenvalue weighted by molar-refractivity contribution is -0.155. The number of hydrogen-bond donors (Lipinski definition) is 2. The second-order valence-corrected chi connectivity index (χ2v) is 5.06. The molecule has 2 N–H and O–H groups in total. The largest absolute Gasteiger partial charge is 0.481 e. The van der Waals surface area contributed by atoms with Gasteiger partial charge < -0.3 is 15.3 Å².